The third kappa shape index (κ3) is 3.94. The van der Waals surface area contributed by atoms with Crippen molar-refractivity contribution in [3.05, 3.63) is 139 Å². The van der Waals surface area contributed by atoms with Gasteiger partial charge in [-0.25, -0.2) is 15.0 Å². The zero-order chi connectivity index (χ0) is 27.3. The Morgan fingerprint density at radius 2 is 0.854 bits per heavy atom. The summed E-state index contributed by atoms with van der Waals surface area (Å²) in [5.74, 6) is 2.00. The zero-order valence-electron chi connectivity index (χ0n) is 22.5. The third-order valence-corrected chi connectivity index (χ3v) is 7.89. The van der Waals surface area contributed by atoms with Crippen molar-refractivity contribution in [1.29, 1.82) is 0 Å². The van der Waals surface area contributed by atoms with Crippen LogP contribution in [0, 0.1) is 6.92 Å². The third-order valence-electron chi connectivity index (χ3n) is 7.89. The summed E-state index contributed by atoms with van der Waals surface area (Å²) in [5, 5.41) is 2.59. The Morgan fingerprint density at radius 3 is 1.49 bits per heavy atom. The van der Waals surface area contributed by atoms with Gasteiger partial charge in [-0.15, -0.1) is 0 Å². The SMILES string of the molecule is Cc1cc(-c2nc(-c3ccccc3)nc(-c3ccccc3)n2)cc(-c2ccc3c4c(cccc24)-c2ccccc2-3)c1. The molecule has 41 heavy (non-hydrogen) atoms. The quantitative estimate of drug-likeness (QED) is 0.230. The first-order chi connectivity index (χ1) is 20.2. The van der Waals surface area contributed by atoms with Crippen LogP contribution in [0.2, 0.25) is 0 Å². The van der Waals surface area contributed by atoms with Crippen LogP contribution in [0.4, 0.5) is 0 Å². The van der Waals surface area contributed by atoms with Crippen LogP contribution in [0.15, 0.2) is 133 Å². The van der Waals surface area contributed by atoms with E-state index in [9.17, 15) is 0 Å². The maximum Gasteiger partial charge on any atom is 0.164 e. The molecule has 0 aliphatic heterocycles. The van der Waals surface area contributed by atoms with E-state index in [1.54, 1.807) is 0 Å². The molecule has 1 aliphatic carbocycles. The molecule has 0 amide bonds. The van der Waals surface area contributed by atoms with Crippen molar-refractivity contribution >= 4 is 10.8 Å². The molecule has 1 heterocycles. The summed E-state index contributed by atoms with van der Waals surface area (Å²) in [6.45, 7) is 2.14. The Hall–Kier alpha value is -5.41. The lowest BCUT2D eigenvalue weighted by atomic mass is 9.92. The smallest absolute Gasteiger partial charge is 0.164 e. The summed E-state index contributed by atoms with van der Waals surface area (Å²) < 4.78 is 0. The molecule has 8 rings (SSSR count). The van der Waals surface area contributed by atoms with Gasteiger partial charge >= 0.3 is 0 Å². The van der Waals surface area contributed by atoms with E-state index >= 15 is 0 Å². The van der Waals surface area contributed by atoms with Crippen molar-refractivity contribution in [3.8, 4) is 67.5 Å². The van der Waals surface area contributed by atoms with Gasteiger partial charge in [0.15, 0.2) is 17.5 Å². The summed E-state index contributed by atoms with van der Waals surface area (Å²) in [4.78, 5) is 14.8. The molecule has 192 valence electrons. The highest BCUT2D eigenvalue weighted by Gasteiger charge is 2.22. The molecule has 3 heteroatoms. The molecule has 0 atom stereocenters. The molecule has 0 fully saturated rings. The number of benzene rings is 6. The van der Waals surface area contributed by atoms with E-state index in [2.05, 4.69) is 79.7 Å². The van der Waals surface area contributed by atoms with Crippen LogP contribution in [0.3, 0.4) is 0 Å². The molecule has 0 saturated heterocycles. The Bertz CT molecular complexity index is 2010. The minimum absolute atomic E-state index is 0.667. The van der Waals surface area contributed by atoms with E-state index in [0.717, 1.165) is 27.8 Å². The fourth-order valence-electron chi connectivity index (χ4n) is 6.07. The zero-order valence-corrected chi connectivity index (χ0v) is 22.5. The summed E-state index contributed by atoms with van der Waals surface area (Å²) in [5.41, 5.74) is 11.7. The van der Waals surface area contributed by atoms with Gasteiger partial charge in [0.2, 0.25) is 0 Å². The molecular formula is C38H25N3. The van der Waals surface area contributed by atoms with Gasteiger partial charge < -0.3 is 0 Å². The number of fused-ring (bicyclic) bond motifs is 3. The molecule has 1 aromatic heterocycles. The second kappa shape index (κ2) is 9.35. The number of hydrogen-bond donors (Lipinski definition) is 0. The Labute approximate surface area is 238 Å². The van der Waals surface area contributed by atoms with Crippen LogP contribution >= 0.6 is 0 Å². The molecule has 0 bridgehead atoms. The van der Waals surface area contributed by atoms with Crippen LogP contribution < -0.4 is 0 Å². The maximum atomic E-state index is 4.98. The minimum atomic E-state index is 0.667. The van der Waals surface area contributed by atoms with Gasteiger partial charge in [0, 0.05) is 16.7 Å². The predicted molar refractivity (Wildman–Crippen MR) is 168 cm³/mol. The van der Waals surface area contributed by atoms with Gasteiger partial charge in [0.05, 0.1) is 0 Å². The van der Waals surface area contributed by atoms with Gasteiger partial charge in [0.25, 0.3) is 0 Å². The molecule has 0 saturated carbocycles. The standard InChI is InChI=1S/C38H25N3/c1-24-21-27(29-19-20-34-31-16-9-8-15-30(31)33-18-10-17-32(29)35(33)34)23-28(22-24)38-40-36(25-11-4-2-5-12-25)39-37(41-38)26-13-6-3-7-14-26/h2-23H,1H3. The average Bonchev–Trinajstić information content (AvgIpc) is 3.37. The maximum absolute atomic E-state index is 4.98. The summed E-state index contributed by atoms with van der Waals surface area (Å²) in [6.07, 6.45) is 0. The van der Waals surface area contributed by atoms with Gasteiger partial charge in [-0.1, -0.05) is 121 Å². The first-order valence-corrected chi connectivity index (χ1v) is 13.9. The van der Waals surface area contributed by atoms with Crippen LogP contribution in [0.1, 0.15) is 5.56 Å². The topological polar surface area (TPSA) is 38.7 Å². The van der Waals surface area contributed by atoms with Crippen molar-refractivity contribution in [2.45, 2.75) is 6.92 Å². The van der Waals surface area contributed by atoms with Crippen LogP contribution in [0.25, 0.3) is 78.3 Å². The molecule has 7 aromatic rings. The van der Waals surface area contributed by atoms with Crippen LogP contribution in [-0.4, -0.2) is 15.0 Å². The number of rotatable bonds is 4. The Balaban J connectivity index is 1.32. The second-order valence-electron chi connectivity index (χ2n) is 10.6. The highest BCUT2D eigenvalue weighted by molar-refractivity contribution is 6.18. The highest BCUT2D eigenvalue weighted by atomic mass is 15.0. The van der Waals surface area contributed by atoms with Crippen molar-refractivity contribution in [3.63, 3.8) is 0 Å². The highest BCUT2D eigenvalue weighted by Crippen LogP contribution is 2.49. The van der Waals surface area contributed by atoms with E-state index in [0.29, 0.717) is 17.5 Å². The predicted octanol–water partition coefficient (Wildman–Crippen LogP) is 9.65. The Kier molecular flexibility index (Phi) is 5.36. The molecule has 0 radical (unpaired) electrons. The van der Waals surface area contributed by atoms with Gasteiger partial charge in [-0.05, 0) is 68.8 Å². The fraction of sp³-hybridized carbons (Fsp3) is 0.0263. The molecule has 6 aromatic carbocycles. The van der Waals surface area contributed by atoms with Gasteiger partial charge in [-0.2, -0.15) is 0 Å². The summed E-state index contributed by atoms with van der Waals surface area (Å²) >= 11 is 0. The van der Waals surface area contributed by atoms with Crippen molar-refractivity contribution in [1.82, 2.24) is 15.0 Å². The number of hydrogen-bond acceptors (Lipinski definition) is 3. The lowest BCUT2D eigenvalue weighted by Crippen LogP contribution is -2.00. The van der Waals surface area contributed by atoms with E-state index in [-0.39, 0.29) is 0 Å². The number of aromatic nitrogens is 3. The molecule has 1 aliphatic rings. The van der Waals surface area contributed by atoms with Gasteiger partial charge in [-0.3, -0.25) is 0 Å². The summed E-state index contributed by atoms with van der Waals surface area (Å²) in [7, 11) is 0. The molecular weight excluding hydrogens is 498 g/mol. The lowest BCUT2D eigenvalue weighted by Gasteiger charge is -2.13. The minimum Gasteiger partial charge on any atom is -0.208 e. The molecule has 0 spiro atoms. The normalized spacial score (nSPS) is 11.5. The van der Waals surface area contributed by atoms with E-state index in [4.69, 9.17) is 15.0 Å². The van der Waals surface area contributed by atoms with E-state index < -0.39 is 0 Å². The Morgan fingerprint density at radius 1 is 0.366 bits per heavy atom. The second-order valence-corrected chi connectivity index (χ2v) is 10.6. The largest absolute Gasteiger partial charge is 0.208 e. The van der Waals surface area contributed by atoms with Crippen molar-refractivity contribution in [2.24, 2.45) is 0 Å². The lowest BCUT2D eigenvalue weighted by molar-refractivity contribution is 1.07. The first-order valence-electron chi connectivity index (χ1n) is 13.9. The van der Waals surface area contributed by atoms with Gasteiger partial charge in [0.1, 0.15) is 0 Å². The van der Waals surface area contributed by atoms with Crippen LogP contribution in [0.5, 0.6) is 0 Å². The molecule has 0 N–H and O–H groups in total. The van der Waals surface area contributed by atoms with E-state index in [1.165, 1.54) is 38.6 Å². The fourth-order valence-corrected chi connectivity index (χ4v) is 6.07. The average molecular weight is 524 g/mol. The molecule has 3 nitrogen and oxygen atoms in total. The number of aryl methyl sites for hydroxylation is 1. The molecule has 0 unspecified atom stereocenters. The van der Waals surface area contributed by atoms with Crippen molar-refractivity contribution in [2.75, 3.05) is 0 Å². The van der Waals surface area contributed by atoms with E-state index in [1.807, 2.05) is 60.7 Å². The summed E-state index contributed by atoms with van der Waals surface area (Å²) in [6, 6.07) is 46.8. The monoisotopic (exact) mass is 523 g/mol. The van der Waals surface area contributed by atoms with Crippen molar-refractivity contribution < 1.29 is 0 Å². The first kappa shape index (κ1) is 23.5. The van der Waals surface area contributed by atoms with Crippen LogP contribution in [-0.2, 0) is 0 Å². The number of nitrogens with zero attached hydrogens (tertiary/aromatic N) is 3.